The molecule has 180 valence electrons. The van der Waals surface area contributed by atoms with Crippen molar-refractivity contribution in [1.29, 1.82) is 0 Å². The number of anilines is 2. The van der Waals surface area contributed by atoms with Gasteiger partial charge in [0.15, 0.2) is 5.82 Å². The largest absolute Gasteiger partial charge is 0.465 e. The minimum absolute atomic E-state index is 0.372. The van der Waals surface area contributed by atoms with Crippen molar-refractivity contribution in [2.24, 2.45) is 0 Å². The summed E-state index contributed by atoms with van der Waals surface area (Å²) in [4.78, 5) is 16.4. The summed E-state index contributed by atoms with van der Waals surface area (Å²) in [5, 5.41) is 14.4. The van der Waals surface area contributed by atoms with Crippen molar-refractivity contribution in [3.63, 3.8) is 0 Å². The molecular formula is C30H23N5O2. The van der Waals surface area contributed by atoms with Crippen molar-refractivity contribution in [1.82, 2.24) is 19.7 Å². The molecule has 0 radical (unpaired) electrons. The monoisotopic (exact) mass is 485 g/mol. The van der Waals surface area contributed by atoms with Gasteiger partial charge >= 0.3 is 5.97 Å². The number of fused-ring (bicyclic) bond motifs is 2. The van der Waals surface area contributed by atoms with Gasteiger partial charge in [-0.25, -0.2) is 9.78 Å². The Hall–Kier alpha value is -5.04. The van der Waals surface area contributed by atoms with Crippen molar-refractivity contribution < 1.29 is 9.53 Å². The molecular weight excluding hydrogens is 462 g/mol. The number of methoxy groups -OCH3 is 1. The predicted octanol–water partition coefficient (Wildman–Crippen LogP) is 6.47. The highest BCUT2D eigenvalue weighted by Crippen LogP contribution is 2.32. The van der Waals surface area contributed by atoms with Gasteiger partial charge in [-0.1, -0.05) is 54.1 Å². The minimum atomic E-state index is -0.372. The molecule has 0 fully saturated rings. The van der Waals surface area contributed by atoms with Crippen molar-refractivity contribution in [3.05, 3.63) is 108 Å². The number of imidazole rings is 1. The van der Waals surface area contributed by atoms with Crippen LogP contribution in [0, 0.1) is 6.92 Å². The number of rotatable bonds is 5. The van der Waals surface area contributed by atoms with Gasteiger partial charge < -0.3 is 10.1 Å². The summed E-state index contributed by atoms with van der Waals surface area (Å²) in [7, 11) is 1.37. The van der Waals surface area contributed by atoms with Gasteiger partial charge in [0.1, 0.15) is 12.0 Å². The molecule has 0 amide bonds. The molecule has 0 aliphatic rings. The summed E-state index contributed by atoms with van der Waals surface area (Å²) >= 11 is 0. The number of benzene rings is 4. The molecule has 0 aliphatic carbocycles. The number of aryl methyl sites for hydroxylation is 1. The molecule has 0 saturated carbocycles. The average Bonchev–Trinajstić information content (AvgIpc) is 3.37. The van der Waals surface area contributed by atoms with Gasteiger partial charge in [-0.2, -0.15) is 0 Å². The van der Waals surface area contributed by atoms with Crippen LogP contribution in [0.15, 0.2) is 97.3 Å². The topological polar surface area (TPSA) is 81.9 Å². The third kappa shape index (κ3) is 4.16. The summed E-state index contributed by atoms with van der Waals surface area (Å²) in [6, 6.07) is 29.6. The number of ether oxygens (including phenoxy) is 1. The van der Waals surface area contributed by atoms with Crippen molar-refractivity contribution in [3.8, 4) is 16.9 Å². The molecule has 0 bridgehead atoms. The molecule has 2 aromatic heterocycles. The smallest absolute Gasteiger partial charge is 0.337 e. The molecule has 7 heteroatoms. The molecule has 37 heavy (non-hydrogen) atoms. The van der Waals surface area contributed by atoms with Gasteiger partial charge in [0, 0.05) is 27.7 Å². The second-order valence-electron chi connectivity index (χ2n) is 8.79. The molecule has 6 aromatic rings. The lowest BCUT2D eigenvalue weighted by Gasteiger charge is -2.12. The summed E-state index contributed by atoms with van der Waals surface area (Å²) in [6.07, 6.45) is 1.84. The number of hydrogen-bond donors (Lipinski definition) is 1. The van der Waals surface area contributed by atoms with E-state index in [1.54, 1.807) is 12.1 Å². The molecule has 2 heterocycles. The van der Waals surface area contributed by atoms with Crippen LogP contribution < -0.4 is 5.32 Å². The average molecular weight is 486 g/mol. The molecule has 7 nitrogen and oxygen atoms in total. The standard InChI is InChI=1S/C30H23N5O2/c1-19-7-14-23(15-8-19)35-18-31-26-17-22(13-16-27(26)35)32-29-25-6-4-3-5-24(25)28(33-34-29)20-9-11-21(12-10-20)30(36)37-2/h3-18H,1-2H3,(H,32,34). The van der Waals surface area contributed by atoms with Gasteiger partial charge in [0.25, 0.3) is 0 Å². The van der Waals surface area contributed by atoms with E-state index in [-0.39, 0.29) is 5.97 Å². The molecule has 6 rings (SSSR count). The first-order chi connectivity index (χ1) is 18.1. The van der Waals surface area contributed by atoms with Crippen LogP contribution in [0.5, 0.6) is 0 Å². The van der Waals surface area contributed by atoms with Crippen molar-refractivity contribution in [2.45, 2.75) is 6.92 Å². The van der Waals surface area contributed by atoms with Crippen LogP contribution in [0.25, 0.3) is 38.8 Å². The number of carbonyl (C=O) groups excluding carboxylic acids is 1. The van der Waals surface area contributed by atoms with Crippen LogP contribution >= 0.6 is 0 Å². The Morgan fingerprint density at radius 2 is 1.62 bits per heavy atom. The molecule has 0 saturated heterocycles. The minimum Gasteiger partial charge on any atom is -0.465 e. The predicted molar refractivity (Wildman–Crippen MR) is 145 cm³/mol. The number of hydrogen-bond acceptors (Lipinski definition) is 6. The van der Waals surface area contributed by atoms with Gasteiger partial charge in [0.2, 0.25) is 0 Å². The van der Waals surface area contributed by atoms with Gasteiger partial charge in [-0.3, -0.25) is 4.57 Å². The first-order valence-electron chi connectivity index (χ1n) is 11.9. The van der Waals surface area contributed by atoms with E-state index in [2.05, 4.69) is 62.3 Å². The Labute approximate surface area is 213 Å². The van der Waals surface area contributed by atoms with E-state index in [0.717, 1.165) is 44.4 Å². The Balaban J connectivity index is 1.34. The lowest BCUT2D eigenvalue weighted by Crippen LogP contribution is -2.01. The highest BCUT2D eigenvalue weighted by atomic mass is 16.5. The fraction of sp³-hybridized carbons (Fsp3) is 0.0667. The fourth-order valence-electron chi connectivity index (χ4n) is 4.43. The number of aromatic nitrogens is 4. The van der Waals surface area contributed by atoms with Crippen LogP contribution in [0.3, 0.4) is 0 Å². The Bertz CT molecular complexity index is 1760. The van der Waals surface area contributed by atoms with E-state index in [0.29, 0.717) is 11.4 Å². The Kier molecular flexibility index (Phi) is 5.58. The molecule has 0 spiro atoms. The number of esters is 1. The second-order valence-corrected chi connectivity index (χ2v) is 8.79. The second kappa shape index (κ2) is 9.20. The summed E-state index contributed by atoms with van der Waals surface area (Å²) < 4.78 is 6.88. The maximum Gasteiger partial charge on any atom is 0.337 e. The van der Waals surface area contributed by atoms with Crippen LogP contribution in [0.2, 0.25) is 0 Å². The quantitative estimate of drug-likeness (QED) is 0.282. The third-order valence-electron chi connectivity index (χ3n) is 6.39. The highest BCUT2D eigenvalue weighted by Gasteiger charge is 2.13. The van der Waals surface area contributed by atoms with Crippen LogP contribution in [-0.2, 0) is 4.74 Å². The van der Waals surface area contributed by atoms with Gasteiger partial charge in [-0.05, 0) is 49.4 Å². The zero-order valence-corrected chi connectivity index (χ0v) is 20.3. The van der Waals surface area contributed by atoms with E-state index in [4.69, 9.17) is 4.74 Å². The molecule has 4 aromatic carbocycles. The van der Waals surface area contributed by atoms with Crippen LogP contribution in [0.4, 0.5) is 11.5 Å². The van der Waals surface area contributed by atoms with Gasteiger partial charge in [0.05, 0.1) is 23.7 Å². The zero-order valence-electron chi connectivity index (χ0n) is 20.3. The Morgan fingerprint density at radius 1 is 0.865 bits per heavy atom. The lowest BCUT2D eigenvalue weighted by atomic mass is 10.0. The maximum absolute atomic E-state index is 11.8. The first-order valence-corrected chi connectivity index (χ1v) is 11.9. The molecule has 0 atom stereocenters. The summed E-state index contributed by atoms with van der Waals surface area (Å²) in [5.41, 5.74) is 7.16. The van der Waals surface area contributed by atoms with E-state index >= 15 is 0 Å². The zero-order chi connectivity index (χ0) is 25.4. The van der Waals surface area contributed by atoms with Crippen LogP contribution in [0.1, 0.15) is 15.9 Å². The van der Waals surface area contributed by atoms with Gasteiger partial charge in [-0.15, -0.1) is 10.2 Å². The fourth-order valence-corrected chi connectivity index (χ4v) is 4.43. The third-order valence-corrected chi connectivity index (χ3v) is 6.39. The van der Waals surface area contributed by atoms with E-state index < -0.39 is 0 Å². The number of nitrogens with one attached hydrogen (secondary N) is 1. The lowest BCUT2D eigenvalue weighted by molar-refractivity contribution is 0.0600. The number of carbonyl (C=O) groups is 1. The maximum atomic E-state index is 11.8. The normalized spacial score (nSPS) is 11.1. The van der Waals surface area contributed by atoms with Crippen molar-refractivity contribution in [2.75, 3.05) is 12.4 Å². The Morgan fingerprint density at radius 3 is 2.38 bits per heavy atom. The molecule has 0 unspecified atom stereocenters. The highest BCUT2D eigenvalue weighted by molar-refractivity contribution is 6.01. The SMILES string of the molecule is COC(=O)c1ccc(-c2nnc(Nc3ccc4c(c3)ncn4-c3ccc(C)cc3)c3ccccc23)cc1. The van der Waals surface area contributed by atoms with E-state index in [9.17, 15) is 4.79 Å². The van der Waals surface area contributed by atoms with Crippen LogP contribution in [-0.4, -0.2) is 32.8 Å². The molecule has 0 aliphatic heterocycles. The molecule has 1 N–H and O–H groups in total. The van der Waals surface area contributed by atoms with E-state index in [1.165, 1.54) is 12.7 Å². The summed E-state index contributed by atoms with van der Waals surface area (Å²) in [5.74, 6) is 0.283. The summed E-state index contributed by atoms with van der Waals surface area (Å²) in [6.45, 7) is 2.08. The van der Waals surface area contributed by atoms with Crippen molar-refractivity contribution >= 4 is 39.3 Å². The first kappa shape index (κ1) is 22.4. The van der Waals surface area contributed by atoms with E-state index in [1.807, 2.05) is 54.9 Å². The number of nitrogens with zero attached hydrogens (tertiary/aromatic N) is 4.